The number of halogens is 1. The molecule has 2 fully saturated rings. The highest BCUT2D eigenvalue weighted by molar-refractivity contribution is 9.10. The maximum absolute atomic E-state index is 12.6. The van der Waals surface area contributed by atoms with Crippen LogP contribution in [0.1, 0.15) is 67.3 Å². The molecule has 2 aromatic rings. The number of carbonyl (C=O) groups is 1. The van der Waals surface area contributed by atoms with Gasteiger partial charge < -0.3 is 4.74 Å². The number of nitrogens with zero attached hydrogens (tertiary/aromatic N) is 1. The molecule has 154 valence electrons. The van der Waals surface area contributed by atoms with E-state index in [2.05, 4.69) is 20.8 Å². The van der Waals surface area contributed by atoms with Crippen molar-refractivity contribution in [1.29, 1.82) is 0 Å². The van der Waals surface area contributed by atoms with E-state index in [-0.39, 0.29) is 5.78 Å². The molecule has 1 saturated carbocycles. The van der Waals surface area contributed by atoms with E-state index in [4.69, 9.17) is 4.74 Å². The van der Waals surface area contributed by atoms with Crippen molar-refractivity contribution >= 4 is 21.7 Å². The van der Waals surface area contributed by atoms with Crippen molar-refractivity contribution < 1.29 is 9.53 Å². The van der Waals surface area contributed by atoms with Crippen molar-refractivity contribution in [2.75, 3.05) is 13.2 Å². The first-order chi connectivity index (χ1) is 14.2. The van der Waals surface area contributed by atoms with Gasteiger partial charge in [0, 0.05) is 27.7 Å². The molecule has 4 heteroatoms. The maximum atomic E-state index is 12.6. The minimum atomic E-state index is 0.0411. The van der Waals surface area contributed by atoms with Crippen molar-refractivity contribution in [3.05, 3.63) is 64.1 Å². The number of ether oxygens (including phenoxy) is 1. The molecule has 2 aliphatic rings. The van der Waals surface area contributed by atoms with Gasteiger partial charge in [-0.15, -0.1) is 0 Å². The van der Waals surface area contributed by atoms with Crippen molar-refractivity contribution in [3.63, 3.8) is 0 Å². The van der Waals surface area contributed by atoms with E-state index in [0.29, 0.717) is 17.2 Å². The van der Waals surface area contributed by atoms with Crippen LogP contribution in [-0.2, 0) is 0 Å². The van der Waals surface area contributed by atoms with E-state index in [9.17, 15) is 4.79 Å². The predicted molar refractivity (Wildman–Crippen MR) is 121 cm³/mol. The van der Waals surface area contributed by atoms with E-state index in [1.54, 1.807) is 0 Å². The van der Waals surface area contributed by atoms with E-state index in [0.717, 1.165) is 22.9 Å². The molecule has 1 atom stereocenters. The molecule has 0 N–H and O–H groups in total. The van der Waals surface area contributed by atoms with Gasteiger partial charge in [-0.2, -0.15) is 0 Å². The molecule has 1 aliphatic heterocycles. The minimum Gasteiger partial charge on any atom is -0.492 e. The number of ketones is 1. The standard InChI is InChI=1S/C25H30BrNO2/c26-21-13-9-19(10-14-21)25(28)20-11-15-24(16-12-20)29-18-23-8-5-17-27(23)22-6-3-1-2-4-7-22/h9-16,22-23H,1-8,17-18H2. The van der Waals surface area contributed by atoms with Crippen molar-refractivity contribution in [3.8, 4) is 5.75 Å². The Hall–Kier alpha value is -1.65. The van der Waals surface area contributed by atoms with Gasteiger partial charge in [0.05, 0.1) is 0 Å². The predicted octanol–water partition coefficient (Wildman–Crippen LogP) is 6.25. The number of hydrogen-bond acceptors (Lipinski definition) is 3. The fraction of sp³-hybridized carbons (Fsp3) is 0.480. The van der Waals surface area contributed by atoms with Crippen LogP contribution in [0.4, 0.5) is 0 Å². The molecule has 4 rings (SSSR count). The van der Waals surface area contributed by atoms with E-state index in [1.165, 1.54) is 57.9 Å². The van der Waals surface area contributed by atoms with Gasteiger partial charge in [0.1, 0.15) is 12.4 Å². The van der Waals surface area contributed by atoms with Crippen molar-refractivity contribution in [2.45, 2.75) is 63.5 Å². The van der Waals surface area contributed by atoms with Gasteiger partial charge in [0.2, 0.25) is 0 Å². The number of benzene rings is 2. The Kier molecular flexibility index (Phi) is 7.04. The van der Waals surface area contributed by atoms with E-state index < -0.39 is 0 Å². The zero-order valence-corrected chi connectivity index (χ0v) is 18.6. The highest BCUT2D eigenvalue weighted by Crippen LogP contribution is 2.29. The minimum absolute atomic E-state index is 0.0411. The number of hydrogen-bond donors (Lipinski definition) is 0. The number of likely N-dealkylation sites (tertiary alicyclic amines) is 1. The third-order valence-corrected chi connectivity index (χ3v) is 6.91. The van der Waals surface area contributed by atoms with Gasteiger partial charge >= 0.3 is 0 Å². The van der Waals surface area contributed by atoms with Crippen molar-refractivity contribution in [1.82, 2.24) is 4.90 Å². The van der Waals surface area contributed by atoms with Crippen LogP contribution in [0.2, 0.25) is 0 Å². The smallest absolute Gasteiger partial charge is 0.193 e. The van der Waals surface area contributed by atoms with Crippen LogP contribution in [0, 0.1) is 0 Å². The van der Waals surface area contributed by atoms with Crippen LogP contribution in [-0.4, -0.2) is 35.9 Å². The molecule has 0 amide bonds. The fourth-order valence-electron chi connectivity index (χ4n) is 4.77. The molecule has 0 radical (unpaired) electrons. The number of rotatable bonds is 6. The molecular formula is C25H30BrNO2. The third-order valence-electron chi connectivity index (χ3n) is 6.38. The first-order valence-corrected chi connectivity index (χ1v) is 11.8. The van der Waals surface area contributed by atoms with Crippen LogP contribution in [0.5, 0.6) is 5.75 Å². The van der Waals surface area contributed by atoms with Crippen molar-refractivity contribution in [2.24, 2.45) is 0 Å². The second-order valence-corrected chi connectivity index (χ2v) is 9.27. The summed E-state index contributed by atoms with van der Waals surface area (Å²) in [6.45, 7) is 1.97. The van der Waals surface area contributed by atoms with Crippen LogP contribution >= 0.6 is 15.9 Å². The maximum Gasteiger partial charge on any atom is 0.193 e. The Labute approximate surface area is 182 Å². The zero-order chi connectivity index (χ0) is 20.1. The lowest BCUT2D eigenvalue weighted by Gasteiger charge is -2.32. The number of carbonyl (C=O) groups excluding carboxylic acids is 1. The summed E-state index contributed by atoms with van der Waals surface area (Å²) in [7, 11) is 0. The highest BCUT2D eigenvalue weighted by atomic mass is 79.9. The first kappa shape index (κ1) is 20.6. The molecule has 0 spiro atoms. The lowest BCUT2D eigenvalue weighted by atomic mass is 10.0. The fourth-order valence-corrected chi connectivity index (χ4v) is 5.03. The summed E-state index contributed by atoms with van der Waals surface area (Å²) in [6, 6.07) is 16.4. The molecule has 1 aliphatic carbocycles. The first-order valence-electron chi connectivity index (χ1n) is 11.0. The van der Waals surface area contributed by atoms with Gasteiger partial charge in [-0.1, -0.05) is 41.6 Å². The van der Waals surface area contributed by atoms with Gasteiger partial charge in [-0.05, 0) is 80.8 Å². The van der Waals surface area contributed by atoms with Crippen LogP contribution in [0.3, 0.4) is 0 Å². The summed E-state index contributed by atoms with van der Waals surface area (Å²) >= 11 is 3.41. The second kappa shape index (κ2) is 9.90. The molecule has 1 saturated heterocycles. The van der Waals surface area contributed by atoms with Gasteiger partial charge in [0.15, 0.2) is 5.78 Å². The van der Waals surface area contributed by atoms with Crippen LogP contribution < -0.4 is 4.74 Å². The average molecular weight is 456 g/mol. The second-order valence-electron chi connectivity index (χ2n) is 8.35. The average Bonchev–Trinajstić information content (AvgIpc) is 3.05. The Bertz CT molecular complexity index is 795. The summed E-state index contributed by atoms with van der Waals surface area (Å²) in [6.07, 6.45) is 10.8. The summed E-state index contributed by atoms with van der Waals surface area (Å²) < 4.78 is 7.11. The Balaban J connectivity index is 1.34. The molecule has 1 unspecified atom stereocenters. The molecule has 3 nitrogen and oxygen atoms in total. The lowest BCUT2D eigenvalue weighted by molar-refractivity contribution is 0.103. The van der Waals surface area contributed by atoms with Gasteiger partial charge in [0.25, 0.3) is 0 Å². The third kappa shape index (κ3) is 5.29. The SMILES string of the molecule is O=C(c1ccc(Br)cc1)c1ccc(OCC2CCCN2C2CCCCCC2)cc1. The van der Waals surface area contributed by atoms with Crippen LogP contribution in [0.25, 0.3) is 0 Å². The van der Waals surface area contributed by atoms with E-state index >= 15 is 0 Å². The molecule has 0 aromatic heterocycles. The summed E-state index contributed by atoms with van der Waals surface area (Å²) in [4.78, 5) is 15.3. The normalized spacial score (nSPS) is 21.1. The van der Waals surface area contributed by atoms with E-state index in [1.807, 2.05) is 48.5 Å². The largest absolute Gasteiger partial charge is 0.492 e. The molecule has 29 heavy (non-hydrogen) atoms. The summed E-state index contributed by atoms with van der Waals surface area (Å²) in [5.74, 6) is 0.893. The Morgan fingerprint density at radius 2 is 1.48 bits per heavy atom. The zero-order valence-electron chi connectivity index (χ0n) is 17.0. The lowest BCUT2D eigenvalue weighted by Crippen LogP contribution is -2.41. The Morgan fingerprint density at radius 1 is 0.862 bits per heavy atom. The van der Waals surface area contributed by atoms with Crippen LogP contribution in [0.15, 0.2) is 53.0 Å². The quantitative estimate of drug-likeness (QED) is 0.380. The van der Waals surface area contributed by atoms with Gasteiger partial charge in [-0.3, -0.25) is 9.69 Å². The summed E-state index contributed by atoms with van der Waals surface area (Å²) in [5, 5.41) is 0. The molecule has 0 bridgehead atoms. The van der Waals surface area contributed by atoms with Gasteiger partial charge in [-0.25, -0.2) is 0 Å². The Morgan fingerprint density at radius 3 is 2.14 bits per heavy atom. The monoisotopic (exact) mass is 455 g/mol. The molecule has 2 aromatic carbocycles. The summed E-state index contributed by atoms with van der Waals surface area (Å²) in [5.41, 5.74) is 1.40. The molecular weight excluding hydrogens is 426 g/mol. The molecule has 1 heterocycles. The topological polar surface area (TPSA) is 29.5 Å². The highest BCUT2D eigenvalue weighted by Gasteiger charge is 2.31.